The second-order valence-electron chi connectivity index (χ2n) is 4.61. The van der Waals surface area contributed by atoms with E-state index in [-0.39, 0.29) is 18.3 Å². The van der Waals surface area contributed by atoms with E-state index in [1.165, 1.54) is 12.1 Å². The van der Waals surface area contributed by atoms with Gasteiger partial charge in [-0.25, -0.2) is 4.39 Å². The summed E-state index contributed by atoms with van der Waals surface area (Å²) in [6, 6.07) is 11.4. The highest BCUT2D eigenvalue weighted by Crippen LogP contribution is 2.25. The Morgan fingerprint density at radius 2 is 1.90 bits per heavy atom. The third-order valence-electron chi connectivity index (χ3n) is 2.93. The molecule has 1 amide bonds. The summed E-state index contributed by atoms with van der Waals surface area (Å²) in [4.78, 5) is 11.9. The average molecular weight is 288 g/mol. The molecule has 0 aromatic heterocycles. The SMILES string of the molecule is COc1ccc(C)cc1NC(=O)CNc1ccc(F)cc1. The van der Waals surface area contributed by atoms with Gasteiger partial charge in [-0.15, -0.1) is 0 Å². The number of amides is 1. The van der Waals surface area contributed by atoms with Crippen LogP contribution < -0.4 is 15.4 Å². The highest BCUT2D eigenvalue weighted by atomic mass is 19.1. The van der Waals surface area contributed by atoms with E-state index in [0.717, 1.165) is 5.56 Å². The van der Waals surface area contributed by atoms with E-state index < -0.39 is 0 Å². The molecule has 0 aliphatic carbocycles. The molecule has 0 saturated heterocycles. The van der Waals surface area contributed by atoms with Crippen LogP contribution in [0.3, 0.4) is 0 Å². The molecular formula is C16H17FN2O2. The summed E-state index contributed by atoms with van der Waals surface area (Å²) in [5, 5.41) is 5.71. The van der Waals surface area contributed by atoms with E-state index in [9.17, 15) is 9.18 Å². The van der Waals surface area contributed by atoms with Gasteiger partial charge in [0.25, 0.3) is 0 Å². The molecule has 0 bridgehead atoms. The number of halogens is 1. The van der Waals surface area contributed by atoms with E-state index in [1.54, 1.807) is 25.3 Å². The number of rotatable bonds is 5. The van der Waals surface area contributed by atoms with Crippen molar-refractivity contribution in [2.45, 2.75) is 6.92 Å². The summed E-state index contributed by atoms with van der Waals surface area (Å²) >= 11 is 0. The van der Waals surface area contributed by atoms with Gasteiger partial charge >= 0.3 is 0 Å². The number of benzene rings is 2. The van der Waals surface area contributed by atoms with Crippen LogP contribution in [-0.4, -0.2) is 19.6 Å². The number of hydrogen-bond acceptors (Lipinski definition) is 3. The number of carbonyl (C=O) groups excluding carboxylic acids is 1. The smallest absolute Gasteiger partial charge is 0.243 e. The molecule has 0 unspecified atom stereocenters. The van der Waals surface area contributed by atoms with Crippen molar-refractivity contribution in [3.63, 3.8) is 0 Å². The van der Waals surface area contributed by atoms with Crippen LogP contribution in [-0.2, 0) is 4.79 Å². The van der Waals surface area contributed by atoms with Gasteiger partial charge in [0.2, 0.25) is 5.91 Å². The van der Waals surface area contributed by atoms with Crippen molar-refractivity contribution in [1.82, 2.24) is 0 Å². The van der Waals surface area contributed by atoms with E-state index in [4.69, 9.17) is 4.74 Å². The molecule has 0 saturated carbocycles. The molecule has 0 heterocycles. The maximum absolute atomic E-state index is 12.8. The summed E-state index contributed by atoms with van der Waals surface area (Å²) in [5.41, 5.74) is 2.34. The Kier molecular flexibility index (Phi) is 4.77. The Hall–Kier alpha value is -2.56. The third-order valence-corrected chi connectivity index (χ3v) is 2.93. The molecular weight excluding hydrogens is 271 g/mol. The molecule has 2 aromatic carbocycles. The number of carbonyl (C=O) groups is 1. The zero-order valence-electron chi connectivity index (χ0n) is 11.9. The van der Waals surface area contributed by atoms with E-state index in [1.807, 2.05) is 19.1 Å². The molecule has 0 aliphatic rings. The quantitative estimate of drug-likeness (QED) is 0.888. The van der Waals surface area contributed by atoms with Crippen LogP contribution >= 0.6 is 0 Å². The largest absolute Gasteiger partial charge is 0.495 e. The first-order valence-corrected chi connectivity index (χ1v) is 6.52. The van der Waals surface area contributed by atoms with Crippen LogP contribution in [0.4, 0.5) is 15.8 Å². The monoisotopic (exact) mass is 288 g/mol. The van der Waals surface area contributed by atoms with Crippen LogP contribution in [0.5, 0.6) is 5.75 Å². The van der Waals surface area contributed by atoms with Crippen molar-refractivity contribution in [3.8, 4) is 5.75 Å². The number of ether oxygens (including phenoxy) is 1. The van der Waals surface area contributed by atoms with Gasteiger partial charge in [-0.3, -0.25) is 4.79 Å². The second-order valence-corrected chi connectivity index (χ2v) is 4.61. The molecule has 0 aliphatic heterocycles. The minimum Gasteiger partial charge on any atom is -0.495 e. The molecule has 0 spiro atoms. The molecule has 21 heavy (non-hydrogen) atoms. The standard InChI is InChI=1S/C16H17FN2O2/c1-11-3-8-15(21-2)14(9-11)19-16(20)10-18-13-6-4-12(17)5-7-13/h3-9,18H,10H2,1-2H3,(H,19,20). The zero-order chi connectivity index (χ0) is 15.2. The Morgan fingerprint density at radius 3 is 2.57 bits per heavy atom. The Balaban J connectivity index is 1.95. The van der Waals surface area contributed by atoms with Gasteiger partial charge in [-0.05, 0) is 48.9 Å². The summed E-state index contributed by atoms with van der Waals surface area (Å²) in [6.45, 7) is 2.02. The van der Waals surface area contributed by atoms with Crippen LogP contribution in [0, 0.1) is 12.7 Å². The highest BCUT2D eigenvalue weighted by Gasteiger charge is 2.07. The summed E-state index contributed by atoms with van der Waals surface area (Å²) < 4.78 is 18.0. The van der Waals surface area contributed by atoms with Gasteiger partial charge in [0.1, 0.15) is 11.6 Å². The highest BCUT2D eigenvalue weighted by molar-refractivity contribution is 5.95. The van der Waals surface area contributed by atoms with Crippen molar-refractivity contribution in [2.24, 2.45) is 0 Å². The average Bonchev–Trinajstić information content (AvgIpc) is 2.47. The predicted molar refractivity (Wildman–Crippen MR) is 81.3 cm³/mol. The molecule has 2 N–H and O–H groups in total. The molecule has 110 valence electrons. The van der Waals surface area contributed by atoms with Crippen LogP contribution in [0.25, 0.3) is 0 Å². The van der Waals surface area contributed by atoms with Gasteiger partial charge in [0, 0.05) is 5.69 Å². The third kappa shape index (κ3) is 4.21. The lowest BCUT2D eigenvalue weighted by atomic mass is 10.2. The van der Waals surface area contributed by atoms with Crippen LogP contribution in [0.1, 0.15) is 5.56 Å². The molecule has 5 heteroatoms. The summed E-state index contributed by atoms with van der Waals surface area (Å²) in [7, 11) is 1.55. The molecule has 2 rings (SSSR count). The lowest BCUT2D eigenvalue weighted by molar-refractivity contribution is -0.114. The van der Waals surface area contributed by atoms with E-state index in [0.29, 0.717) is 17.1 Å². The van der Waals surface area contributed by atoms with Gasteiger partial charge < -0.3 is 15.4 Å². The zero-order valence-corrected chi connectivity index (χ0v) is 11.9. The summed E-state index contributed by atoms with van der Waals surface area (Å²) in [6.07, 6.45) is 0. The van der Waals surface area contributed by atoms with Gasteiger partial charge in [-0.1, -0.05) is 6.07 Å². The first-order chi connectivity index (χ1) is 10.1. The first-order valence-electron chi connectivity index (χ1n) is 6.52. The lowest BCUT2D eigenvalue weighted by Gasteiger charge is -2.12. The number of nitrogens with one attached hydrogen (secondary N) is 2. The number of methoxy groups -OCH3 is 1. The number of hydrogen-bond donors (Lipinski definition) is 2. The lowest BCUT2D eigenvalue weighted by Crippen LogP contribution is -2.22. The van der Waals surface area contributed by atoms with Crippen molar-refractivity contribution in [2.75, 3.05) is 24.3 Å². The van der Waals surface area contributed by atoms with Gasteiger partial charge in [0.05, 0.1) is 19.3 Å². The molecule has 0 fully saturated rings. The normalized spacial score (nSPS) is 10.0. The molecule has 4 nitrogen and oxygen atoms in total. The van der Waals surface area contributed by atoms with Crippen molar-refractivity contribution >= 4 is 17.3 Å². The van der Waals surface area contributed by atoms with Gasteiger partial charge in [0.15, 0.2) is 0 Å². The minimum atomic E-state index is -0.311. The fourth-order valence-electron chi connectivity index (χ4n) is 1.86. The molecule has 2 aromatic rings. The fourth-order valence-corrected chi connectivity index (χ4v) is 1.86. The van der Waals surface area contributed by atoms with Crippen LogP contribution in [0.15, 0.2) is 42.5 Å². The number of anilines is 2. The minimum absolute atomic E-state index is 0.0860. The number of aryl methyl sites for hydroxylation is 1. The van der Waals surface area contributed by atoms with E-state index >= 15 is 0 Å². The molecule has 0 radical (unpaired) electrons. The maximum Gasteiger partial charge on any atom is 0.243 e. The summed E-state index contributed by atoms with van der Waals surface area (Å²) in [5.74, 6) is 0.0912. The maximum atomic E-state index is 12.8. The Bertz CT molecular complexity index is 627. The Labute approximate surface area is 122 Å². The Morgan fingerprint density at radius 1 is 1.19 bits per heavy atom. The second kappa shape index (κ2) is 6.74. The topological polar surface area (TPSA) is 50.4 Å². The van der Waals surface area contributed by atoms with Gasteiger partial charge in [-0.2, -0.15) is 0 Å². The predicted octanol–water partition coefficient (Wildman–Crippen LogP) is 3.19. The van der Waals surface area contributed by atoms with Crippen LogP contribution in [0.2, 0.25) is 0 Å². The van der Waals surface area contributed by atoms with E-state index in [2.05, 4.69) is 10.6 Å². The van der Waals surface area contributed by atoms with Crippen molar-refractivity contribution in [3.05, 3.63) is 53.8 Å². The fraction of sp³-hybridized carbons (Fsp3) is 0.188. The van der Waals surface area contributed by atoms with Crippen molar-refractivity contribution in [1.29, 1.82) is 0 Å². The van der Waals surface area contributed by atoms with Crippen molar-refractivity contribution < 1.29 is 13.9 Å². The molecule has 0 atom stereocenters. The first kappa shape index (κ1) is 14.8.